The van der Waals surface area contributed by atoms with Crippen molar-refractivity contribution in [3.05, 3.63) is 63.6 Å². The number of thiocarbonyl (C=S) groups is 1. The molecule has 0 aliphatic carbocycles. The van der Waals surface area contributed by atoms with Gasteiger partial charge in [-0.15, -0.1) is 0 Å². The molecule has 0 amide bonds. The first-order valence-electron chi connectivity index (χ1n) is 8.18. The molecule has 6 heteroatoms. The average molecular weight is 396 g/mol. The summed E-state index contributed by atoms with van der Waals surface area (Å²) < 4.78 is 11.4. The van der Waals surface area contributed by atoms with Gasteiger partial charge in [-0.1, -0.05) is 47.6 Å². The van der Waals surface area contributed by atoms with Crippen LogP contribution in [0.15, 0.2) is 42.5 Å². The van der Waals surface area contributed by atoms with Gasteiger partial charge in [0.1, 0.15) is 17.3 Å². The molecule has 0 spiro atoms. The third-order valence-corrected chi connectivity index (χ3v) is 4.94. The van der Waals surface area contributed by atoms with Crippen LogP contribution in [0.2, 0.25) is 10.0 Å². The highest BCUT2D eigenvalue weighted by molar-refractivity contribution is 7.80. The van der Waals surface area contributed by atoms with Crippen molar-refractivity contribution in [1.82, 2.24) is 5.32 Å². The average Bonchev–Trinajstić information content (AvgIpc) is 3.13. The van der Waals surface area contributed by atoms with Crippen molar-refractivity contribution in [1.29, 1.82) is 0 Å². The predicted octanol–water partition coefficient (Wildman–Crippen LogP) is 5.02. The molecule has 1 heterocycles. The van der Waals surface area contributed by atoms with Crippen LogP contribution in [0, 0.1) is 0 Å². The van der Waals surface area contributed by atoms with Crippen LogP contribution in [0.1, 0.15) is 24.0 Å². The fourth-order valence-electron chi connectivity index (χ4n) is 2.61. The highest BCUT2D eigenvalue weighted by atomic mass is 35.5. The van der Waals surface area contributed by atoms with E-state index in [9.17, 15) is 0 Å². The van der Waals surface area contributed by atoms with E-state index in [1.807, 2.05) is 42.5 Å². The largest absolute Gasteiger partial charge is 0.487 e. The fourth-order valence-corrected chi connectivity index (χ4v) is 3.19. The second kappa shape index (κ2) is 8.86. The minimum Gasteiger partial charge on any atom is -0.487 e. The van der Waals surface area contributed by atoms with Gasteiger partial charge in [0, 0.05) is 23.7 Å². The molecular formula is C19H19Cl2NO2S. The molecule has 1 N–H and O–H groups in total. The van der Waals surface area contributed by atoms with Gasteiger partial charge in [0.05, 0.1) is 11.1 Å². The molecule has 3 rings (SSSR count). The summed E-state index contributed by atoms with van der Waals surface area (Å²) in [7, 11) is 0. The van der Waals surface area contributed by atoms with E-state index < -0.39 is 0 Å². The van der Waals surface area contributed by atoms with Crippen molar-refractivity contribution in [2.45, 2.75) is 25.6 Å². The van der Waals surface area contributed by atoms with Crippen LogP contribution in [0.3, 0.4) is 0 Å². The van der Waals surface area contributed by atoms with Gasteiger partial charge < -0.3 is 14.8 Å². The molecule has 0 radical (unpaired) electrons. The van der Waals surface area contributed by atoms with Crippen LogP contribution in [0.5, 0.6) is 5.75 Å². The molecule has 1 aliphatic heterocycles. The lowest BCUT2D eigenvalue weighted by Crippen LogP contribution is -2.31. The number of rotatable bonds is 6. The van der Waals surface area contributed by atoms with Crippen LogP contribution in [-0.4, -0.2) is 24.2 Å². The van der Waals surface area contributed by atoms with Crippen molar-refractivity contribution in [2.24, 2.45) is 0 Å². The van der Waals surface area contributed by atoms with E-state index in [-0.39, 0.29) is 6.10 Å². The Bertz CT molecular complexity index is 731. The summed E-state index contributed by atoms with van der Waals surface area (Å²) in [5.74, 6) is 0.627. The maximum absolute atomic E-state index is 6.33. The Kier molecular flexibility index (Phi) is 6.54. The van der Waals surface area contributed by atoms with Gasteiger partial charge in [-0.25, -0.2) is 0 Å². The van der Waals surface area contributed by atoms with Crippen molar-refractivity contribution in [3.63, 3.8) is 0 Å². The van der Waals surface area contributed by atoms with E-state index in [0.29, 0.717) is 27.4 Å². The standard InChI is InChI=1S/C19H19Cl2NO2S/c20-15-6-3-13(4-7-15)12-24-18-8-5-14(10-17(18)21)19(25)22-11-16-2-1-9-23-16/h3-8,10,16H,1-2,9,11-12H2,(H,22,25)/t16-/m0/s1. The Hall–Kier alpha value is -1.33. The van der Waals surface area contributed by atoms with Crippen molar-refractivity contribution in [3.8, 4) is 5.75 Å². The van der Waals surface area contributed by atoms with Crippen LogP contribution < -0.4 is 10.1 Å². The highest BCUT2D eigenvalue weighted by Gasteiger charge is 2.16. The molecule has 1 aliphatic rings. The van der Waals surface area contributed by atoms with Crippen molar-refractivity contribution < 1.29 is 9.47 Å². The molecule has 2 aromatic rings. The number of hydrogen-bond acceptors (Lipinski definition) is 3. The normalized spacial score (nSPS) is 16.6. The van der Waals surface area contributed by atoms with Crippen LogP contribution in [0.25, 0.3) is 0 Å². The Balaban J connectivity index is 1.56. The number of ether oxygens (including phenoxy) is 2. The smallest absolute Gasteiger partial charge is 0.138 e. The van der Waals surface area contributed by atoms with Crippen molar-refractivity contribution in [2.75, 3.05) is 13.2 Å². The zero-order chi connectivity index (χ0) is 17.6. The number of hydrogen-bond donors (Lipinski definition) is 1. The van der Waals surface area contributed by atoms with E-state index in [4.69, 9.17) is 44.9 Å². The molecule has 1 atom stereocenters. The van der Waals surface area contributed by atoms with Gasteiger partial charge in [-0.2, -0.15) is 0 Å². The van der Waals surface area contributed by atoms with E-state index in [1.54, 1.807) is 0 Å². The molecule has 1 fully saturated rings. The molecule has 0 aromatic heterocycles. The summed E-state index contributed by atoms with van der Waals surface area (Å²) in [6.07, 6.45) is 2.44. The predicted molar refractivity (Wildman–Crippen MR) is 106 cm³/mol. The zero-order valence-corrected chi connectivity index (χ0v) is 16.0. The summed E-state index contributed by atoms with van der Waals surface area (Å²) >= 11 is 17.6. The summed E-state index contributed by atoms with van der Waals surface area (Å²) in [5.41, 5.74) is 1.90. The Labute approximate surface area is 163 Å². The second-order valence-electron chi connectivity index (χ2n) is 5.91. The number of nitrogens with one attached hydrogen (secondary N) is 1. The molecule has 0 unspecified atom stereocenters. The number of benzene rings is 2. The molecule has 0 saturated carbocycles. The zero-order valence-electron chi connectivity index (χ0n) is 13.6. The van der Waals surface area contributed by atoms with Gasteiger partial charge in [0.15, 0.2) is 0 Å². The lowest BCUT2D eigenvalue weighted by molar-refractivity contribution is 0.114. The minimum atomic E-state index is 0.246. The van der Waals surface area contributed by atoms with E-state index in [1.165, 1.54) is 0 Å². The topological polar surface area (TPSA) is 30.5 Å². The summed E-state index contributed by atoms with van der Waals surface area (Å²) in [6.45, 7) is 1.99. The molecule has 2 aromatic carbocycles. The third kappa shape index (κ3) is 5.32. The third-order valence-electron chi connectivity index (χ3n) is 4.02. The maximum Gasteiger partial charge on any atom is 0.138 e. The van der Waals surface area contributed by atoms with Crippen LogP contribution in [-0.2, 0) is 11.3 Å². The highest BCUT2D eigenvalue weighted by Crippen LogP contribution is 2.26. The van der Waals surface area contributed by atoms with Crippen LogP contribution >= 0.6 is 35.4 Å². The lowest BCUT2D eigenvalue weighted by Gasteiger charge is -2.14. The van der Waals surface area contributed by atoms with Gasteiger partial charge in [-0.05, 0) is 48.7 Å². The number of halogens is 2. The van der Waals surface area contributed by atoms with E-state index in [0.717, 1.165) is 37.1 Å². The molecule has 132 valence electrons. The van der Waals surface area contributed by atoms with E-state index in [2.05, 4.69) is 5.32 Å². The Morgan fingerprint density at radius 2 is 2.00 bits per heavy atom. The molecular weight excluding hydrogens is 377 g/mol. The maximum atomic E-state index is 6.33. The first-order valence-corrected chi connectivity index (χ1v) is 9.35. The quantitative estimate of drug-likeness (QED) is 0.695. The summed E-state index contributed by atoms with van der Waals surface area (Å²) in [4.78, 5) is 0.668. The molecule has 1 saturated heterocycles. The lowest BCUT2D eigenvalue weighted by atomic mass is 10.2. The second-order valence-corrected chi connectivity index (χ2v) is 7.16. The fraction of sp³-hybridized carbons (Fsp3) is 0.316. The minimum absolute atomic E-state index is 0.246. The van der Waals surface area contributed by atoms with Gasteiger partial charge in [0.25, 0.3) is 0 Å². The summed E-state index contributed by atoms with van der Waals surface area (Å²) in [6, 6.07) is 13.1. The Morgan fingerprint density at radius 3 is 2.68 bits per heavy atom. The molecule has 3 nitrogen and oxygen atoms in total. The monoisotopic (exact) mass is 395 g/mol. The molecule has 25 heavy (non-hydrogen) atoms. The van der Waals surface area contributed by atoms with Crippen LogP contribution in [0.4, 0.5) is 0 Å². The van der Waals surface area contributed by atoms with Crippen molar-refractivity contribution >= 4 is 40.4 Å². The Morgan fingerprint density at radius 1 is 1.20 bits per heavy atom. The van der Waals surface area contributed by atoms with Gasteiger partial charge in [0.2, 0.25) is 0 Å². The SMILES string of the molecule is S=C(NC[C@@H]1CCCO1)c1ccc(OCc2ccc(Cl)cc2)c(Cl)c1. The summed E-state index contributed by atoms with van der Waals surface area (Å²) in [5, 5.41) is 4.48. The van der Waals surface area contributed by atoms with E-state index >= 15 is 0 Å². The first-order chi connectivity index (χ1) is 12.1. The van der Waals surface area contributed by atoms with Gasteiger partial charge >= 0.3 is 0 Å². The molecule has 0 bridgehead atoms. The van der Waals surface area contributed by atoms with Gasteiger partial charge in [-0.3, -0.25) is 0 Å². The first kappa shape index (κ1) is 18.5.